The predicted molar refractivity (Wildman–Crippen MR) is 58.5 cm³/mol. The molecule has 3 heteroatoms. The molecule has 84 valence electrons. The van der Waals surface area contributed by atoms with Crippen molar-refractivity contribution < 1.29 is 9.52 Å². The molecule has 0 spiro atoms. The number of aliphatic hydroxyl groups excluding tert-OH is 1. The number of nitrogens with one attached hydrogen (secondary N) is 1. The van der Waals surface area contributed by atoms with E-state index < -0.39 is 0 Å². The first-order chi connectivity index (χ1) is 7.25. The molecule has 2 atom stereocenters. The molecule has 0 amide bonds. The molecule has 0 saturated heterocycles. The first-order valence-electron chi connectivity index (χ1n) is 5.70. The molecule has 0 bridgehead atoms. The molecule has 1 aliphatic rings. The van der Waals surface area contributed by atoms with Gasteiger partial charge in [0.25, 0.3) is 0 Å². The lowest BCUT2D eigenvalue weighted by Crippen LogP contribution is -2.27. The first-order valence-corrected chi connectivity index (χ1v) is 5.70. The second-order valence-electron chi connectivity index (χ2n) is 4.40. The summed E-state index contributed by atoms with van der Waals surface area (Å²) in [6.45, 7) is 3.60. The summed E-state index contributed by atoms with van der Waals surface area (Å²) in [6, 6.07) is 3.97. The SMILES string of the molecule is Cc1ccc(CNCC2CCCC2O)o1. The number of aryl methyl sites for hydroxylation is 1. The highest BCUT2D eigenvalue weighted by molar-refractivity contribution is 5.05. The van der Waals surface area contributed by atoms with E-state index in [-0.39, 0.29) is 6.10 Å². The van der Waals surface area contributed by atoms with E-state index in [1.54, 1.807) is 0 Å². The zero-order valence-corrected chi connectivity index (χ0v) is 9.20. The van der Waals surface area contributed by atoms with E-state index in [2.05, 4.69) is 5.32 Å². The smallest absolute Gasteiger partial charge is 0.117 e. The Morgan fingerprint density at radius 1 is 1.47 bits per heavy atom. The van der Waals surface area contributed by atoms with E-state index in [1.165, 1.54) is 0 Å². The van der Waals surface area contributed by atoms with E-state index >= 15 is 0 Å². The quantitative estimate of drug-likeness (QED) is 0.795. The van der Waals surface area contributed by atoms with Crippen LogP contribution < -0.4 is 5.32 Å². The van der Waals surface area contributed by atoms with Crippen molar-refractivity contribution in [2.75, 3.05) is 6.54 Å². The maximum Gasteiger partial charge on any atom is 0.117 e. The minimum atomic E-state index is -0.101. The van der Waals surface area contributed by atoms with Crippen LogP contribution in [0.4, 0.5) is 0 Å². The van der Waals surface area contributed by atoms with Crippen LogP contribution in [0.5, 0.6) is 0 Å². The van der Waals surface area contributed by atoms with Crippen molar-refractivity contribution in [3.05, 3.63) is 23.7 Å². The molecular formula is C12H19NO2. The van der Waals surface area contributed by atoms with Crippen LogP contribution in [0.15, 0.2) is 16.5 Å². The Hall–Kier alpha value is -0.800. The van der Waals surface area contributed by atoms with Gasteiger partial charge < -0.3 is 14.8 Å². The Morgan fingerprint density at radius 3 is 2.93 bits per heavy atom. The van der Waals surface area contributed by atoms with Gasteiger partial charge in [-0.25, -0.2) is 0 Å². The second-order valence-corrected chi connectivity index (χ2v) is 4.40. The van der Waals surface area contributed by atoms with Crippen molar-refractivity contribution in [1.82, 2.24) is 5.32 Å². The molecule has 2 unspecified atom stereocenters. The van der Waals surface area contributed by atoms with Crippen molar-refractivity contribution in [2.24, 2.45) is 5.92 Å². The third-order valence-corrected chi connectivity index (χ3v) is 3.12. The summed E-state index contributed by atoms with van der Waals surface area (Å²) >= 11 is 0. The summed E-state index contributed by atoms with van der Waals surface area (Å²) < 4.78 is 5.45. The Kier molecular flexibility index (Phi) is 3.44. The maximum atomic E-state index is 9.63. The normalized spacial score (nSPS) is 26.0. The molecule has 15 heavy (non-hydrogen) atoms. The van der Waals surface area contributed by atoms with Gasteiger partial charge in [-0.3, -0.25) is 0 Å². The Bertz CT molecular complexity index is 308. The Morgan fingerprint density at radius 2 is 2.33 bits per heavy atom. The number of hydrogen-bond acceptors (Lipinski definition) is 3. The summed E-state index contributed by atoms with van der Waals surface area (Å²) in [5.41, 5.74) is 0. The third-order valence-electron chi connectivity index (χ3n) is 3.12. The average molecular weight is 209 g/mol. The first kappa shape index (κ1) is 10.7. The van der Waals surface area contributed by atoms with Gasteiger partial charge in [-0.05, 0) is 37.8 Å². The summed E-state index contributed by atoms with van der Waals surface area (Å²) in [4.78, 5) is 0. The zero-order chi connectivity index (χ0) is 10.7. The van der Waals surface area contributed by atoms with E-state index in [9.17, 15) is 5.11 Å². The minimum Gasteiger partial charge on any atom is -0.465 e. The standard InChI is InChI=1S/C12H19NO2/c1-9-5-6-11(15-9)8-13-7-10-3-2-4-12(10)14/h5-6,10,12-14H,2-4,7-8H2,1H3. The van der Waals surface area contributed by atoms with Crippen LogP contribution in [0.25, 0.3) is 0 Å². The lowest BCUT2D eigenvalue weighted by Gasteiger charge is -2.14. The van der Waals surface area contributed by atoms with Crippen molar-refractivity contribution in [2.45, 2.75) is 38.8 Å². The largest absolute Gasteiger partial charge is 0.465 e. The van der Waals surface area contributed by atoms with Crippen molar-refractivity contribution in [3.63, 3.8) is 0 Å². The van der Waals surface area contributed by atoms with Gasteiger partial charge in [0.2, 0.25) is 0 Å². The van der Waals surface area contributed by atoms with Crippen molar-refractivity contribution in [3.8, 4) is 0 Å². The van der Waals surface area contributed by atoms with E-state index in [1.807, 2.05) is 19.1 Å². The van der Waals surface area contributed by atoms with Gasteiger partial charge in [0.1, 0.15) is 11.5 Å². The molecule has 1 aromatic rings. The van der Waals surface area contributed by atoms with Crippen LogP contribution in [-0.4, -0.2) is 17.8 Å². The van der Waals surface area contributed by atoms with Crippen LogP contribution in [-0.2, 0) is 6.54 Å². The molecule has 0 aliphatic heterocycles. The highest BCUT2D eigenvalue weighted by Crippen LogP contribution is 2.24. The summed E-state index contributed by atoms with van der Waals surface area (Å²) in [5.74, 6) is 2.36. The topological polar surface area (TPSA) is 45.4 Å². The molecule has 1 aromatic heterocycles. The van der Waals surface area contributed by atoms with E-state index in [0.717, 1.165) is 43.9 Å². The molecule has 2 N–H and O–H groups in total. The predicted octanol–water partition coefficient (Wildman–Crippen LogP) is 1.84. The maximum absolute atomic E-state index is 9.63. The summed E-state index contributed by atoms with van der Waals surface area (Å²) in [7, 11) is 0. The van der Waals surface area contributed by atoms with Crippen LogP contribution in [0, 0.1) is 12.8 Å². The van der Waals surface area contributed by atoms with Crippen LogP contribution >= 0.6 is 0 Å². The fraction of sp³-hybridized carbons (Fsp3) is 0.667. The summed E-state index contributed by atoms with van der Waals surface area (Å²) in [5, 5.41) is 13.0. The fourth-order valence-corrected chi connectivity index (χ4v) is 2.22. The van der Waals surface area contributed by atoms with Crippen LogP contribution in [0.3, 0.4) is 0 Å². The van der Waals surface area contributed by atoms with E-state index in [0.29, 0.717) is 5.92 Å². The van der Waals surface area contributed by atoms with Gasteiger partial charge in [-0.1, -0.05) is 6.42 Å². The van der Waals surface area contributed by atoms with Gasteiger partial charge in [-0.2, -0.15) is 0 Å². The Labute approximate surface area is 90.5 Å². The van der Waals surface area contributed by atoms with E-state index in [4.69, 9.17) is 4.42 Å². The number of rotatable bonds is 4. The molecule has 1 aliphatic carbocycles. The monoisotopic (exact) mass is 209 g/mol. The second kappa shape index (κ2) is 4.81. The number of aliphatic hydroxyl groups is 1. The van der Waals surface area contributed by atoms with Crippen LogP contribution in [0.2, 0.25) is 0 Å². The zero-order valence-electron chi connectivity index (χ0n) is 9.20. The molecule has 1 saturated carbocycles. The van der Waals surface area contributed by atoms with Gasteiger partial charge in [0.05, 0.1) is 12.6 Å². The van der Waals surface area contributed by atoms with Gasteiger partial charge in [0.15, 0.2) is 0 Å². The molecule has 1 fully saturated rings. The lowest BCUT2D eigenvalue weighted by atomic mass is 10.1. The molecular weight excluding hydrogens is 190 g/mol. The minimum absolute atomic E-state index is 0.101. The van der Waals surface area contributed by atoms with Gasteiger partial charge >= 0.3 is 0 Å². The molecule has 1 heterocycles. The number of hydrogen-bond donors (Lipinski definition) is 2. The highest BCUT2D eigenvalue weighted by atomic mass is 16.3. The van der Waals surface area contributed by atoms with Crippen LogP contribution in [0.1, 0.15) is 30.8 Å². The fourth-order valence-electron chi connectivity index (χ4n) is 2.22. The molecule has 0 aromatic carbocycles. The average Bonchev–Trinajstić information content (AvgIpc) is 2.77. The van der Waals surface area contributed by atoms with Crippen molar-refractivity contribution >= 4 is 0 Å². The van der Waals surface area contributed by atoms with Gasteiger partial charge in [0, 0.05) is 6.54 Å². The molecule has 0 radical (unpaired) electrons. The van der Waals surface area contributed by atoms with Crippen molar-refractivity contribution in [1.29, 1.82) is 0 Å². The third kappa shape index (κ3) is 2.83. The summed E-state index contributed by atoms with van der Waals surface area (Å²) in [6.07, 6.45) is 3.17. The highest BCUT2D eigenvalue weighted by Gasteiger charge is 2.24. The lowest BCUT2D eigenvalue weighted by molar-refractivity contribution is 0.131. The Balaban J connectivity index is 1.70. The number of furan rings is 1. The van der Waals surface area contributed by atoms with Gasteiger partial charge in [-0.15, -0.1) is 0 Å². The molecule has 2 rings (SSSR count). The molecule has 3 nitrogen and oxygen atoms in total.